The number of pyridine rings is 1. The minimum Gasteiger partial charge on any atom is -0.384 e. The number of piperidine rings is 1. The van der Waals surface area contributed by atoms with Crippen LogP contribution in [-0.2, 0) is 6.42 Å². The molecule has 4 N–H and O–H groups in total. The number of benzene rings is 1. The number of likely N-dealkylation sites (tertiary alicyclic amines) is 1. The zero-order valence-electron chi connectivity index (χ0n) is 15.6. The van der Waals surface area contributed by atoms with Crippen molar-refractivity contribution in [3.63, 3.8) is 0 Å². The molecule has 1 aliphatic rings. The van der Waals surface area contributed by atoms with E-state index in [9.17, 15) is 0 Å². The van der Waals surface area contributed by atoms with Gasteiger partial charge < -0.3 is 11.5 Å². The van der Waals surface area contributed by atoms with Crippen molar-refractivity contribution in [1.29, 1.82) is 0 Å². The third-order valence-corrected chi connectivity index (χ3v) is 5.42. The van der Waals surface area contributed by atoms with Gasteiger partial charge >= 0.3 is 0 Å². The van der Waals surface area contributed by atoms with Gasteiger partial charge in [0.25, 0.3) is 0 Å². The SMILES string of the molecule is Cc1cc(CCN2C(C)CC(N)CC2C)ccc1-c1cccc(N)n1. The van der Waals surface area contributed by atoms with E-state index in [1.165, 1.54) is 11.1 Å². The van der Waals surface area contributed by atoms with E-state index >= 15 is 0 Å². The molecule has 1 aromatic carbocycles. The fourth-order valence-electron chi connectivity index (χ4n) is 4.15. The minimum atomic E-state index is 0.355. The Balaban J connectivity index is 1.69. The topological polar surface area (TPSA) is 68.2 Å². The maximum atomic E-state index is 6.15. The summed E-state index contributed by atoms with van der Waals surface area (Å²) in [6.07, 6.45) is 3.27. The van der Waals surface area contributed by atoms with Crippen molar-refractivity contribution in [2.24, 2.45) is 5.73 Å². The Kier molecular flexibility index (Phi) is 5.40. The van der Waals surface area contributed by atoms with Gasteiger partial charge in [-0.25, -0.2) is 4.98 Å². The van der Waals surface area contributed by atoms with Crippen LogP contribution < -0.4 is 11.5 Å². The molecule has 4 heteroatoms. The molecular weight excluding hydrogens is 308 g/mol. The van der Waals surface area contributed by atoms with E-state index in [0.29, 0.717) is 23.9 Å². The zero-order valence-corrected chi connectivity index (χ0v) is 15.6. The van der Waals surface area contributed by atoms with E-state index in [4.69, 9.17) is 11.5 Å². The van der Waals surface area contributed by atoms with Crippen LogP contribution in [0.25, 0.3) is 11.3 Å². The van der Waals surface area contributed by atoms with Crippen molar-refractivity contribution in [3.8, 4) is 11.3 Å². The summed E-state index contributed by atoms with van der Waals surface area (Å²) in [4.78, 5) is 7.04. The molecule has 2 unspecified atom stereocenters. The fourth-order valence-corrected chi connectivity index (χ4v) is 4.15. The molecule has 1 fully saturated rings. The lowest BCUT2D eigenvalue weighted by Gasteiger charge is -2.41. The van der Waals surface area contributed by atoms with Gasteiger partial charge in [-0.05, 0) is 63.3 Å². The average molecular weight is 338 g/mol. The van der Waals surface area contributed by atoms with Gasteiger partial charge in [-0.1, -0.05) is 24.3 Å². The van der Waals surface area contributed by atoms with Crippen LogP contribution >= 0.6 is 0 Å². The third kappa shape index (κ3) is 4.20. The Morgan fingerprint density at radius 3 is 2.48 bits per heavy atom. The molecule has 0 amide bonds. The maximum absolute atomic E-state index is 6.15. The van der Waals surface area contributed by atoms with Crippen molar-refractivity contribution < 1.29 is 0 Å². The highest BCUT2D eigenvalue weighted by Gasteiger charge is 2.28. The first-order chi connectivity index (χ1) is 11.9. The lowest BCUT2D eigenvalue weighted by Crippen LogP contribution is -2.51. The Morgan fingerprint density at radius 2 is 1.84 bits per heavy atom. The number of hydrogen-bond donors (Lipinski definition) is 2. The second-order valence-electron chi connectivity index (χ2n) is 7.51. The highest BCUT2D eigenvalue weighted by Crippen LogP contribution is 2.25. The van der Waals surface area contributed by atoms with Gasteiger partial charge in [-0.2, -0.15) is 0 Å². The second kappa shape index (κ2) is 7.54. The highest BCUT2D eigenvalue weighted by atomic mass is 15.2. The standard InChI is InChI=1S/C21H30N4/c1-14-11-17(7-8-19(14)20-5-4-6-21(23)24-20)9-10-25-15(2)12-18(22)13-16(25)3/h4-8,11,15-16,18H,9-10,12-13,22H2,1-3H3,(H2,23,24). The van der Waals surface area contributed by atoms with Crippen LogP contribution in [-0.4, -0.2) is 34.6 Å². The number of aromatic nitrogens is 1. The smallest absolute Gasteiger partial charge is 0.124 e. The molecule has 0 aliphatic carbocycles. The normalized spacial score (nSPS) is 24.4. The zero-order chi connectivity index (χ0) is 18.0. The van der Waals surface area contributed by atoms with Crippen molar-refractivity contribution >= 4 is 5.82 Å². The first-order valence-corrected chi connectivity index (χ1v) is 9.28. The molecule has 0 spiro atoms. The van der Waals surface area contributed by atoms with Crippen molar-refractivity contribution in [1.82, 2.24) is 9.88 Å². The van der Waals surface area contributed by atoms with E-state index in [-0.39, 0.29) is 0 Å². The first-order valence-electron chi connectivity index (χ1n) is 9.28. The van der Waals surface area contributed by atoms with Gasteiger partial charge in [0.15, 0.2) is 0 Å². The molecule has 134 valence electrons. The van der Waals surface area contributed by atoms with Crippen molar-refractivity contribution in [3.05, 3.63) is 47.5 Å². The monoisotopic (exact) mass is 338 g/mol. The number of rotatable bonds is 4. The fraction of sp³-hybridized carbons (Fsp3) is 0.476. The summed E-state index contributed by atoms with van der Waals surface area (Å²) in [6, 6.07) is 13.9. The molecule has 2 heterocycles. The van der Waals surface area contributed by atoms with Gasteiger partial charge in [-0.15, -0.1) is 0 Å². The quantitative estimate of drug-likeness (QED) is 0.897. The molecule has 3 rings (SSSR count). The molecule has 1 aliphatic heterocycles. The van der Waals surface area contributed by atoms with Crippen LogP contribution in [0, 0.1) is 6.92 Å². The molecule has 0 bridgehead atoms. The number of nitrogens with zero attached hydrogens (tertiary/aromatic N) is 2. The van der Waals surface area contributed by atoms with Crippen molar-refractivity contribution in [2.45, 2.75) is 58.2 Å². The summed E-state index contributed by atoms with van der Waals surface area (Å²) in [5.41, 5.74) is 16.7. The van der Waals surface area contributed by atoms with E-state index < -0.39 is 0 Å². The van der Waals surface area contributed by atoms with E-state index in [1.54, 1.807) is 0 Å². The highest BCUT2D eigenvalue weighted by molar-refractivity contribution is 5.65. The van der Waals surface area contributed by atoms with Crippen LogP contribution in [0.1, 0.15) is 37.8 Å². The average Bonchev–Trinajstić information content (AvgIpc) is 2.54. The van der Waals surface area contributed by atoms with Crippen LogP contribution in [0.5, 0.6) is 0 Å². The Bertz CT molecular complexity index is 716. The summed E-state index contributed by atoms with van der Waals surface area (Å²) in [5, 5.41) is 0. The molecule has 0 saturated carbocycles. The Morgan fingerprint density at radius 1 is 1.12 bits per heavy atom. The van der Waals surface area contributed by atoms with Crippen molar-refractivity contribution in [2.75, 3.05) is 12.3 Å². The van der Waals surface area contributed by atoms with Gasteiger partial charge in [0, 0.05) is 30.2 Å². The molecular formula is C21H30N4. The predicted octanol–water partition coefficient (Wildman–Crippen LogP) is 3.38. The molecule has 25 heavy (non-hydrogen) atoms. The lowest BCUT2D eigenvalue weighted by atomic mass is 9.92. The van der Waals surface area contributed by atoms with Crippen LogP contribution in [0.4, 0.5) is 5.82 Å². The van der Waals surface area contributed by atoms with E-state index in [1.807, 2.05) is 18.2 Å². The van der Waals surface area contributed by atoms with Gasteiger partial charge in [0.05, 0.1) is 5.69 Å². The number of nitrogens with two attached hydrogens (primary N) is 2. The maximum Gasteiger partial charge on any atom is 0.124 e. The predicted molar refractivity (Wildman–Crippen MR) is 105 cm³/mol. The molecule has 4 nitrogen and oxygen atoms in total. The lowest BCUT2D eigenvalue weighted by molar-refractivity contribution is 0.0936. The first kappa shape index (κ1) is 17.9. The molecule has 2 aromatic rings. The van der Waals surface area contributed by atoms with Gasteiger partial charge in [0.1, 0.15) is 5.82 Å². The number of nitrogen functional groups attached to an aromatic ring is 1. The Hall–Kier alpha value is -1.91. The van der Waals surface area contributed by atoms with E-state index in [2.05, 4.69) is 48.9 Å². The summed E-state index contributed by atoms with van der Waals surface area (Å²) in [7, 11) is 0. The van der Waals surface area contributed by atoms with Crippen LogP contribution in [0.2, 0.25) is 0 Å². The number of anilines is 1. The Labute approximate surface area is 151 Å². The summed E-state index contributed by atoms with van der Waals surface area (Å²) < 4.78 is 0. The van der Waals surface area contributed by atoms with Crippen LogP contribution in [0.3, 0.4) is 0 Å². The molecule has 0 radical (unpaired) electrons. The minimum absolute atomic E-state index is 0.355. The van der Waals surface area contributed by atoms with Crippen LogP contribution in [0.15, 0.2) is 36.4 Å². The molecule has 1 saturated heterocycles. The van der Waals surface area contributed by atoms with Gasteiger partial charge in [0.2, 0.25) is 0 Å². The molecule has 2 atom stereocenters. The summed E-state index contributed by atoms with van der Waals surface area (Å²) >= 11 is 0. The van der Waals surface area contributed by atoms with Gasteiger partial charge in [-0.3, -0.25) is 4.90 Å². The number of aryl methyl sites for hydroxylation is 1. The second-order valence-corrected chi connectivity index (χ2v) is 7.51. The summed E-state index contributed by atoms with van der Waals surface area (Å²) in [5.74, 6) is 0.562. The number of hydrogen-bond acceptors (Lipinski definition) is 4. The third-order valence-electron chi connectivity index (χ3n) is 5.42. The molecule has 1 aromatic heterocycles. The van der Waals surface area contributed by atoms with E-state index in [0.717, 1.165) is 37.1 Å². The summed E-state index contributed by atoms with van der Waals surface area (Å²) in [6.45, 7) is 7.84. The largest absolute Gasteiger partial charge is 0.384 e.